The quantitative estimate of drug-likeness (QED) is 0.457. The highest BCUT2D eigenvalue weighted by molar-refractivity contribution is 7.81. The second-order valence-electron chi connectivity index (χ2n) is 3.38. The highest BCUT2D eigenvalue weighted by Gasteiger charge is 2.06. The maximum Gasteiger partial charge on any atom is 0.303 e. The Morgan fingerprint density at radius 2 is 2.00 bits per heavy atom. The highest BCUT2D eigenvalue weighted by Crippen LogP contribution is 2.16. The van der Waals surface area contributed by atoms with Gasteiger partial charge in [-0.15, -0.1) is 0 Å². The van der Waals surface area contributed by atoms with Gasteiger partial charge < -0.3 is 5.11 Å². The van der Waals surface area contributed by atoms with Crippen LogP contribution < -0.4 is 0 Å². The first kappa shape index (κ1) is 13.2. The van der Waals surface area contributed by atoms with Crippen molar-refractivity contribution in [1.82, 2.24) is 0 Å². The number of thiol groups is 2. The Hall–Kier alpha value is 0.170. The van der Waals surface area contributed by atoms with Crippen molar-refractivity contribution in [2.75, 3.05) is 0 Å². The first-order valence-electron chi connectivity index (χ1n) is 4.60. The van der Waals surface area contributed by atoms with Gasteiger partial charge in [0, 0.05) is 11.7 Å². The molecule has 4 heteroatoms. The van der Waals surface area contributed by atoms with Crippen LogP contribution in [0.3, 0.4) is 0 Å². The van der Waals surface area contributed by atoms with Gasteiger partial charge in [0.15, 0.2) is 0 Å². The molecule has 0 aliphatic rings. The molecule has 0 aromatic heterocycles. The highest BCUT2D eigenvalue weighted by atomic mass is 32.1. The molecule has 0 saturated heterocycles. The van der Waals surface area contributed by atoms with Gasteiger partial charge >= 0.3 is 5.97 Å². The fourth-order valence-electron chi connectivity index (χ4n) is 1.17. The largest absolute Gasteiger partial charge is 0.481 e. The lowest BCUT2D eigenvalue weighted by molar-refractivity contribution is -0.137. The number of unbranched alkanes of at least 4 members (excludes halogenated alkanes) is 1. The molecule has 0 fully saturated rings. The zero-order chi connectivity index (χ0) is 10.3. The van der Waals surface area contributed by atoms with E-state index in [2.05, 4.69) is 25.3 Å². The van der Waals surface area contributed by atoms with E-state index in [-0.39, 0.29) is 6.42 Å². The first-order chi connectivity index (χ1) is 6.02. The maximum absolute atomic E-state index is 10.2. The summed E-state index contributed by atoms with van der Waals surface area (Å²) in [6.45, 7) is 2.05. The van der Waals surface area contributed by atoms with Crippen LogP contribution in [0.4, 0.5) is 0 Å². The van der Waals surface area contributed by atoms with E-state index in [1.54, 1.807) is 0 Å². The van der Waals surface area contributed by atoms with Crippen molar-refractivity contribution in [2.24, 2.45) is 0 Å². The normalized spacial score (nSPS) is 15.3. The molecule has 0 aliphatic carbocycles. The predicted octanol–water partition coefficient (Wildman–Crippen LogP) is 2.64. The third kappa shape index (κ3) is 10.1. The van der Waals surface area contributed by atoms with Crippen molar-refractivity contribution in [3.05, 3.63) is 0 Å². The Labute approximate surface area is 90.9 Å². The smallest absolute Gasteiger partial charge is 0.303 e. The molecule has 0 saturated carbocycles. The zero-order valence-corrected chi connectivity index (χ0v) is 9.73. The molecule has 13 heavy (non-hydrogen) atoms. The molecular formula is C9H18O2S2. The van der Waals surface area contributed by atoms with Crippen LogP contribution in [0.2, 0.25) is 0 Å². The van der Waals surface area contributed by atoms with Gasteiger partial charge in [0.1, 0.15) is 0 Å². The fourth-order valence-corrected chi connectivity index (χ4v) is 2.09. The van der Waals surface area contributed by atoms with Gasteiger partial charge in [-0.2, -0.15) is 25.3 Å². The Morgan fingerprint density at radius 1 is 1.38 bits per heavy atom. The lowest BCUT2D eigenvalue weighted by Crippen LogP contribution is -2.05. The van der Waals surface area contributed by atoms with E-state index in [0.717, 1.165) is 25.7 Å². The third-order valence-electron chi connectivity index (χ3n) is 1.79. The lowest BCUT2D eigenvalue weighted by atomic mass is 10.1. The van der Waals surface area contributed by atoms with Crippen molar-refractivity contribution in [3.63, 3.8) is 0 Å². The van der Waals surface area contributed by atoms with Crippen LogP contribution in [0.1, 0.15) is 39.0 Å². The van der Waals surface area contributed by atoms with Crippen LogP contribution in [-0.4, -0.2) is 21.6 Å². The summed E-state index contributed by atoms with van der Waals surface area (Å²) >= 11 is 8.67. The van der Waals surface area contributed by atoms with Crippen molar-refractivity contribution in [3.8, 4) is 0 Å². The second-order valence-corrected chi connectivity index (χ2v) is 4.99. The molecule has 0 heterocycles. The van der Waals surface area contributed by atoms with Crippen LogP contribution in [0.25, 0.3) is 0 Å². The van der Waals surface area contributed by atoms with E-state index in [1.807, 2.05) is 6.92 Å². The summed E-state index contributed by atoms with van der Waals surface area (Å²) in [5.74, 6) is -0.710. The molecule has 0 amide bonds. The van der Waals surface area contributed by atoms with Crippen molar-refractivity contribution < 1.29 is 9.90 Å². The first-order valence-corrected chi connectivity index (χ1v) is 5.63. The average molecular weight is 222 g/mol. The third-order valence-corrected chi connectivity index (χ3v) is 2.47. The number of carbonyl (C=O) groups is 1. The number of carboxylic acids is 1. The lowest BCUT2D eigenvalue weighted by Gasteiger charge is -2.11. The fraction of sp³-hybridized carbons (Fsp3) is 0.889. The minimum Gasteiger partial charge on any atom is -0.481 e. The van der Waals surface area contributed by atoms with Gasteiger partial charge in [0.25, 0.3) is 0 Å². The van der Waals surface area contributed by atoms with E-state index < -0.39 is 5.97 Å². The minimum atomic E-state index is -0.710. The van der Waals surface area contributed by atoms with Gasteiger partial charge in [-0.25, -0.2) is 0 Å². The Morgan fingerprint density at radius 3 is 2.46 bits per heavy atom. The summed E-state index contributed by atoms with van der Waals surface area (Å²) in [4.78, 5) is 10.2. The van der Waals surface area contributed by atoms with E-state index >= 15 is 0 Å². The number of aliphatic carboxylic acids is 1. The Bertz CT molecular complexity index is 149. The van der Waals surface area contributed by atoms with E-state index in [1.165, 1.54) is 0 Å². The minimum absolute atomic E-state index is 0.275. The van der Waals surface area contributed by atoms with Crippen LogP contribution in [0, 0.1) is 0 Å². The molecule has 0 rings (SSSR count). The summed E-state index contributed by atoms with van der Waals surface area (Å²) in [5.41, 5.74) is 0. The molecule has 0 bridgehead atoms. The van der Waals surface area contributed by atoms with Crippen LogP contribution in [0.15, 0.2) is 0 Å². The molecule has 2 unspecified atom stereocenters. The van der Waals surface area contributed by atoms with Gasteiger partial charge in [0.2, 0.25) is 0 Å². The van der Waals surface area contributed by atoms with Gasteiger partial charge in [-0.3, -0.25) is 4.79 Å². The number of rotatable bonds is 7. The Kier molecular flexibility index (Phi) is 7.66. The van der Waals surface area contributed by atoms with E-state index in [4.69, 9.17) is 5.11 Å². The molecule has 0 aromatic rings. The standard InChI is InChI=1S/C9H18O2S2/c1-7(12)6-8(13)4-2-3-5-9(10)11/h7-8,12-13H,2-6H2,1H3,(H,10,11). The molecule has 0 radical (unpaired) electrons. The Balaban J connectivity index is 3.26. The summed E-state index contributed by atoms with van der Waals surface area (Å²) in [5, 5.41) is 9.13. The average Bonchev–Trinajstić information content (AvgIpc) is 1.96. The molecule has 78 valence electrons. The van der Waals surface area contributed by atoms with Crippen LogP contribution >= 0.6 is 25.3 Å². The number of carboxylic acid groups (broad SMARTS) is 1. The van der Waals surface area contributed by atoms with Crippen LogP contribution in [0.5, 0.6) is 0 Å². The van der Waals surface area contributed by atoms with E-state index in [9.17, 15) is 4.79 Å². The predicted molar refractivity (Wildman–Crippen MR) is 61.9 cm³/mol. The topological polar surface area (TPSA) is 37.3 Å². The molecule has 2 atom stereocenters. The SMILES string of the molecule is CC(S)CC(S)CCCCC(=O)O. The van der Waals surface area contributed by atoms with Gasteiger partial charge in [0.05, 0.1) is 0 Å². The molecule has 0 aromatic carbocycles. The summed E-state index contributed by atoms with van der Waals surface area (Å²) in [6.07, 6.45) is 3.95. The number of hydrogen-bond acceptors (Lipinski definition) is 3. The monoisotopic (exact) mass is 222 g/mol. The van der Waals surface area contributed by atoms with E-state index in [0.29, 0.717) is 10.5 Å². The zero-order valence-electron chi connectivity index (χ0n) is 7.94. The molecule has 0 aliphatic heterocycles. The number of hydrogen-bond donors (Lipinski definition) is 3. The molecule has 0 spiro atoms. The second kappa shape index (κ2) is 7.56. The van der Waals surface area contributed by atoms with Crippen molar-refractivity contribution in [2.45, 2.75) is 49.5 Å². The summed E-state index contributed by atoms with van der Waals surface area (Å²) in [6, 6.07) is 0. The molecular weight excluding hydrogens is 204 g/mol. The molecule has 1 N–H and O–H groups in total. The maximum atomic E-state index is 10.2. The van der Waals surface area contributed by atoms with Crippen LogP contribution in [-0.2, 0) is 4.79 Å². The van der Waals surface area contributed by atoms with Crippen molar-refractivity contribution >= 4 is 31.2 Å². The summed E-state index contributed by atoms with van der Waals surface area (Å²) in [7, 11) is 0. The van der Waals surface area contributed by atoms with Gasteiger partial charge in [-0.1, -0.05) is 13.3 Å². The molecule has 2 nitrogen and oxygen atoms in total. The summed E-state index contributed by atoms with van der Waals surface area (Å²) < 4.78 is 0. The van der Waals surface area contributed by atoms with Crippen molar-refractivity contribution in [1.29, 1.82) is 0 Å². The van der Waals surface area contributed by atoms with Gasteiger partial charge in [-0.05, 0) is 24.5 Å².